The van der Waals surface area contributed by atoms with Crippen LogP contribution in [0.2, 0.25) is 0 Å². The van der Waals surface area contributed by atoms with Crippen molar-refractivity contribution in [1.29, 1.82) is 0 Å². The number of nitrogens with two attached hydrogens (primary N) is 1. The highest BCUT2D eigenvalue weighted by molar-refractivity contribution is 5.59. The Morgan fingerprint density at radius 2 is 2.12 bits per heavy atom. The molecule has 6 heteroatoms. The molecular formula is C19H20N4O2. The predicted molar refractivity (Wildman–Crippen MR) is 94.5 cm³/mol. The molecule has 25 heavy (non-hydrogen) atoms. The van der Waals surface area contributed by atoms with E-state index < -0.39 is 6.10 Å². The van der Waals surface area contributed by atoms with Crippen LogP contribution in [0, 0.1) is 11.8 Å². The normalized spacial score (nSPS) is 11.8. The van der Waals surface area contributed by atoms with Crippen molar-refractivity contribution in [3.05, 3.63) is 59.8 Å². The van der Waals surface area contributed by atoms with E-state index in [4.69, 9.17) is 10.3 Å². The molecule has 0 bridgehead atoms. The number of aliphatic hydroxyl groups excluding tert-OH is 1. The summed E-state index contributed by atoms with van der Waals surface area (Å²) in [4.78, 5) is 4.15. The van der Waals surface area contributed by atoms with Crippen LogP contribution in [0.1, 0.15) is 36.5 Å². The van der Waals surface area contributed by atoms with E-state index >= 15 is 0 Å². The first-order valence-electron chi connectivity index (χ1n) is 8.11. The van der Waals surface area contributed by atoms with E-state index in [1.54, 1.807) is 13.1 Å². The number of hydrogen-bond acceptors (Lipinski definition) is 5. The quantitative estimate of drug-likeness (QED) is 0.698. The van der Waals surface area contributed by atoms with Gasteiger partial charge in [-0.2, -0.15) is 0 Å². The minimum Gasteiger partial charge on any atom is -0.385 e. The third-order valence-corrected chi connectivity index (χ3v) is 3.68. The van der Waals surface area contributed by atoms with E-state index in [1.807, 2.05) is 41.1 Å². The molecule has 0 aliphatic heterocycles. The van der Waals surface area contributed by atoms with E-state index in [9.17, 15) is 5.11 Å². The van der Waals surface area contributed by atoms with Gasteiger partial charge in [-0.3, -0.25) is 0 Å². The molecule has 1 aromatic carbocycles. The lowest BCUT2D eigenvalue weighted by molar-refractivity contribution is 0.184. The Morgan fingerprint density at radius 3 is 2.84 bits per heavy atom. The number of aromatic nitrogens is 3. The van der Waals surface area contributed by atoms with Crippen LogP contribution in [-0.4, -0.2) is 26.4 Å². The smallest absolute Gasteiger partial charge is 0.167 e. The standard InChI is InChI=1S/C19H20N4O2/c1-14(24)19-21-10-11-23(19)13-17-12-18(25-22-17)16-7-5-15(6-8-16)4-2-3-9-20/h5-8,10-12,14,24H,3,9,13,20H2,1H3/t14-/m0/s1. The van der Waals surface area contributed by atoms with Gasteiger partial charge in [0.2, 0.25) is 0 Å². The molecule has 0 amide bonds. The molecule has 2 aromatic heterocycles. The van der Waals surface area contributed by atoms with Crippen molar-refractivity contribution < 1.29 is 9.63 Å². The molecule has 3 rings (SSSR count). The molecule has 0 fully saturated rings. The maximum Gasteiger partial charge on any atom is 0.167 e. The summed E-state index contributed by atoms with van der Waals surface area (Å²) in [5, 5.41) is 13.8. The molecule has 3 N–H and O–H groups in total. The molecule has 0 spiro atoms. The van der Waals surface area contributed by atoms with Gasteiger partial charge in [0.15, 0.2) is 5.76 Å². The summed E-state index contributed by atoms with van der Waals surface area (Å²) in [7, 11) is 0. The molecular weight excluding hydrogens is 316 g/mol. The minimum atomic E-state index is -0.630. The lowest BCUT2D eigenvalue weighted by atomic mass is 10.1. The topological polar surface area (TPSA) is 90.1 Å². The number of nitrogens with zero attached hydrogens (tertiary/aromatic N) is 3. The molecule has 2 heterocycles. The second kappa shape index (κ2) is 7.79. The fraction of sp³-hybridized carbons (Fsp3) is 0.263. The largest absolute Gasteiger partial charge is 0.385 e. The summed E-state index contributed by atoms with van der Waals surface area (Å²) < 4.78 is 7.29. The minimum absolute atomic E-state index is 0.492. The highest BCUT2D eigenvalue weighted by Crippen LogP contribution is 2.21. The molecule has 0 aliphatic rings. The van der Waals surface area contributed by atoms with Crippen molar-refractivity contribution in [2.45, 2.75) is 26.0 Å². The summed E-state index contributed by atoms with van der Waals surface area (Å²) >= 11 is 0. The van der Waals surface area contributed by atoms with Crippen LogP contribution in [0.25, 0.3) is 11.3 Å². The van der Waals surface area contributed by atoms with Crippen LogP contribution >= 0.6 is 0 Å². The van der Waals surface area contributed by atoms with Crippen LogP contribution in [0.3, 0.4) is 0 Å². The number of hydrogen-bond donors (Lipinski definition) is 2. The predicted octanol–water partition coefficient (Wildman–Crippen LogP) is 2.34. The van der Waals surface area contributed by atoms with Gasteiger partial charge in [-0.05, 0) is 31.2 Å². The first kappa shape index (κ1) is 17.0. The zero-order valence-corrected chi connectivity index (χ0v) is 14.0. The SMILES string of the molecule is C[C@H](O)c1nccn1Cc1cc(-c2ccc(C#CCCN)cc2)on1. The first-order chi connectivity index (χ1) is 12.2. The molecule has 0 aliphatic carbocycles. The van der Waals surface area contributed by atoms with Crippen LogP contribution in [-0.2, 0) is 6.54 Å². The summed E-state index contributed by atoms with van der Waals surface area (Å²) in [5.74, 6) is 7.37. The Morgan fingerprint density at radius 1 is 1.32 bits per heavy atom. The third kappa shape index (κ3) is 4.15. The van der Waals surface area contributed by atoms with Gasteiger partial charge < -0.3 is 19.9 Å². The average molecular weight is 336 g/mol. The van der Waals surface area contributed by atoms with Crippen molar-refractivity contribution >= 4 is 0 Å². The van der Waals surface area contributed by atoms with E-state index in [0.29, 0.717) is 31.1 Å². The number of benzene rings is 1. The van der Waals surface area contributed by atoms with Crippen LogP contribution < -0.4 is 5.73 Å². The maximum atomic E-state index is 9.71. The molecule has 0 saturated heterocycles. The van der Waals surface area contributed by atoms with Gasteiger partial charge in [-0.25, -0.2) is 4.98 Å². The van der Waals surface area contributed by atoms with Gasteiger partial charge in [-0.15, -0.1) is 0 Å². The van der Waals surface area contributed by atoms with Crippen molar-refractivity contribution in [3.8, 4) is 23.2 Å². The van der Waals surface area contributed by atoms with Gasteiger partial charge in [0, 0.05) is 42.6 Å². The van der Waals surface area contributed by atoms with Gasteiger partial charge in [0.25, 0.3) is 0 Å². The molecule has 3 aromatic rings. The Bertz CT molecular complexity index is 882. The lowest BCUT2D eigenvalue weighted by Crippen LogP contribution is -2.07. The Hall–Kier alpha value is -2.88. The van der Waals surface area contributed by atoms with Crippen LogP contribution in [0.15, 0.2) is 47.2 Å². The zero-order valence-electron chi connectivity index (χ0n) is 14.0. The van der Waals surface area contributed by atoms with Crippen molar-refractivity contribution in [2.24, 2.45) is 5.73 Å². The van der Waals surface area contributed by atoms with Gasteiger partial charge in [-0.1, -0.05) is 17.0 Å². The fourth-order valence-electron chi connectivity index (χ4n) is 2.47. The van der Waals surface area contributed by atoms with Gasteiger partial charge in [0.05, 0.1) is 6.54 Å². The Kier molecular flexibility index (Phi) is 5.29. The number of rotatable bonds is 5. The summed E-state index contributed by atoms with van der Waals surface area (Å²) in [5.41, 5.74) is 8.07. The van der Waals surface area contributed by atoms with Crippen LogP contribution in [0.4, 0.5) is 0 Å². The third-order valence-electron chi connectivity index (χ3n) is 3.68. The molecule has 0 radical (unpaired) electrons. The lowest BCUT2D eigenvalue weighted by Gasteiger charge is -2.07. The summed E-state index contributed by atoms with van der Waals surface area (Å²) in [6.45, 7) is 2.75. The van der Waals surface area contributed by atoms with Gasteiger partial charge in [0.1, 0.15) is 17.6 Å². The zero-order chi connectivity index (χ0) is 17.6. The number of aliphatic hydroxyl groups is 1. The molecule has 128 valence electrons. The molecule has 0 unspecified atom stereocenters. The maximum absolute atomic E-state index is 9.71. The first-order valence-corrected chi connectivity index (χ1v) is 8.11. The van der Waals surface area contributed by atoms with Crippen molar-refractivity contribution in [1.82, 2.24) is 14.7 Å². The fourth-order valence-corrected chi connectivity index (χ4v) is 2.47. The molecule has 0 saturated carbocycles. The second-order valence-electron chi connectivity index (χ2n) is 5.69. The van der Waals surface area contributed by atoms with Crippen LogP contribution in [0.5, 0.6) is 0 Å². The van der Waals surface area contributed by atoms with E-state index in [2.05, 4.69) is 22.0 Å². The molecule has 1 atom stereocenters. The second-order valence-corrected chi connectivity index (χ2v) is 5.69. The van der Waals surface area contributed by atoms with E-state index in [-0.39, 0.29) is 0 Å². The highest BCUT2D eigenvalue weighted by Gasteiger charge is 2.12. The Labute approximate surface area is 146 Å². The van der Waals surface area contributed by atoms with Gasteiger partial charge >= 0.3 is 0 Å². The van der Waals surface area contributed by atoms with Crippen molar-refractivity contribution in [3.63, 3.8) is 0 Å². The highest BCUT2D eigenvalue weighted by atomic mass is 16.5. The Balaban J connectivity index is 1.73. The summed E-state index contributed by atoms with van der Waals surface area (Å²) in [6, 6.07) is 9.69. The number of imidazole rings is 1. The average Bonchev–Trinajstić information content (AvgIpc) is 3.26. The van der Waals surface area contributed by atoms with E-state index in [0.717, 1.165) is 16.8 Å². The monoisotopic (exact) mass is 336 g/mol. The van der Waals surface area contributed by atoms with E-state index in [1.165, 1.54) is 0 Å². The molecule has 6 nitrogen and oxygen atoms in total. The van der Waals surface area contributed by atoms with Crippen molar-refractivity contribution in [2.75, 3.05) is 6.54 Å². The summed E-state index contributed by atoms with van der Waals surface area (Å²) in [6.07, 6.45) is 3.53.